The average Bonchev–Trinajstić information content (AvgIpc) is 2.88. The summed E-state index contributed by atoms with van der Waals surface area (Å²) in [6, 6.07) is 8.19. The van der Waals surface area contributed by atoms with Crippen molar-refractivity contribution in [2.24, 2.45) is 16.9 Å². The minimum absolute atomic E-state index is 0.0304. The average molecular weight is 563 g/mol. The number of morpholine rings is 1. The smallest absolute Gasteiger partial charge is 0.293 e. The van der Waals surface area contributed by atoms with Crippen LogP contribution >= 0.6 is 0 Å². The van der Waals surface area contributed by atoms with Gasteiger partial charge in [0.1, 0.15) is 10.6 Å². The third kappa shape index (κ3) is 7.71. The Morgan fingerprint density at radius 3 is 2.23 bits per heavy atom. The van der Waals surface area contributed by atoms with Gasteiger partial charge in [-0.3, -0.25) is 25.7 Å². The first-order valence-corrected chi connectivity index (χ1v) is 14.0. The van der Waals surface area contributed by atoms with Crippen molar-refractivity contribution >= 4 is 39.0 Å². The zero-order chi connectivity index (χ0) is 28.7. The lowest BCUT2D eigenvalue weighted by Crippen LogP contribution is -2.37. The van der Waals surface area contributed by atoms with E-state index in [2.05, 4.69) is 10.5 Å². The number of nitrogens with one attached hydrogen (secondary N) is 1. The normalized spacial score (nSPS) is 14.5. The quantitative estimate of drug-likeness (QED) is 0.228. The molecule has 0 aliphatic carbocycles. The predicted octanol–water partition coefficient (Wildman–Crippen LogP) is 4.09. The van der Waals surface area contributed by atoms with Gasteiger partial charge in [0.05, 0.1) is 35.0 Å². The highest BCUT2D eigenvalue weighted by Gasteiger charge is 2.30. The highest BCUT2D eigenvalue weighted by atomic mass is 32.2. The number of non-ortho nitro benzene ring substituents is 1. The van der Waals surface area contributed by atoms with Crippen LogP contribution in [-0.2, 0) is 14.8 Å². The number of hydrogen-bond acceptors (Lipinski definition) is 10. The fourth-order valence-corrected chi connectivity index (χ4v) is 6.10. The van der Waals surface area contributed by atoms with Gasteiger partial charge in [-0.05, 0) is 24.0 Å². The molecule has 0 unspecified atom stereocenters. The standard InChI is InChI=1S/C25H34N6O7S/c1-18(2)16-29(17-19(3)4)39(36,37)25-14-21(30(32)33)6-7-22(25)27-26-15-20-5-8-23(24(13-20)31(34)35)28-9-11-38-12-10-28/h5-8,13-15,18-19,27H,9-12,16-17H2,1-4H3. The summed E-state index contributed by atoms with van der Waals surface area (Å²) in [5.74, 6) is 0.0609. The molecule has 0 bridgehead atoms. The van der Waals surface area contributed by atoms with Crippen LogP contribution in [0.15, 0.2) is 46.4 Å². The van der Waals surface area contributed by atoms with Gasteiger partial charge in [0, 0.05) is 49.9 Å². The number of nitro groups is 2. The van der Waals surface area contributed by atoms with Crippen LogP contribution < -0.4 is 10.3 Å². The van der Waals surface area contributed by atoms with E-state index in [0.29, 0.717) is 37.6 Å². The molecule has 1 aliphatic heterocycles. The Labute approximate surface area is 227 Å². The Morgan fingerprint density at radius 1 is 1.03 bits per heavy atom. The summed E-state index contributed by atoms with van der Waals surface area (Å²) in [6.07, 6.45) is 1.33. The highest BCUT2D eigenvalue weighted by Crippen LogP contribution is 2.31. The second-order valence-electron chi connectivity index (χ2n) is 10.0. The molecule has 39 heavy (non-hydrogen) atoms. The molecule has 1 aliphatic rings. The first-order chi connectivity index (χ1) is 18.4. The van der Waals surface area contributed by atoms with Crippen LogP contribution in [0.4, 0.5) is 22.7 Å². The Kier molecular flexibility index (Phi) is 9.94. The Hall–Kier alpha value is -3.62. The molecule has 1 N–H and O–H groups in total. The van der Waals surface area contributed by atoms with Crippen molar-refractivity contribution in [2.75, 3.05) is 49.7 Å². The fraction of sp³-hybridized carbons (Fsp3) is 0.480. The van der Waals surface area contributed by atoms with Crippen LogP contribution in [-0.4, -0.2) is 68.2 Å². The predicted molar refractivity (Wildman–Crippen MR) is 149 cm³/mol. The lowest BCUT2D eigenvalue weighted by Gasteiger charge is -2.28. The number of nitro benzene ring substituents is 2. The summed E-state index contributed by atoms with van der Waals surface area (Å²) in [5.41, 5.74) is 3.16. The topological polar surface area (TPSA) is 161 Å². The van der Waals surface area contributed by atoms with Crippen molar-refractivity contribution < 1.29 is 23.0 Å². The number of nitrogens with zero attached hydrogens (tertiary/aromatic N) is 5. The van der Waals surface area contributed by atoms with E-state index in [1.807, 2.05) is 32.6 Å². The van der Waals surface area contributed by atoms with E-state index in [4.69, 9.17) is 4.74 Å². The molecule has 1 fully saturated rings. The zero-order valence-electron chi connectivity index (χ0n) is 22.4. The first-order valence-electron chi connectivity index (χ1n) is 12.6. The SMILES string of the molecule is CC(C)CN(CC(C)C)S(=O)(=O)c1cc([N+](=O)[O-])ccc1NN=Cc1ccc(N2CCOCC2)c([N+](=O)[O-])c1. The van der Waals surface area contributed by atoms with Crippen molar-refractivity contribution in [3.63, 3.8) is 0 Å². The summed E-state index contributed by atoms with van der Waals surface area (Å²) in [7, 11) is -4.12. The lowest BCUT2D eigenvalue weighted by atomic mass is 10.1. The maximum atomic E-state index is 13.7. The van der Waals surface area contributed by atoms with Crippen LogP contribution in [0.5, 0.6) is 0 Å². The van der Waals surface area contributed by atoms with E-state index < -0.39 is 19.9 Å². The van der Waals surface area contributed by atoms with Crippen LogP contribution in [0.1, 0.15) is 33.3 Å². The van der Waals surface area contributed by atoms with Gasteiger partial charge in [-0.15, -0.1) is 0 Å². The zero-order valence-corrected chi connectivity index (χ0v) is 23.3. The molecular weight excluding hydrogens is 528 g/mol. The van der Waals surface area contributed by atoms with Gasteiger partial charge >= 0.3 is 0 Å². The molecule has 0 aromatic heterocycles. The van der Waals surface area contributed by atoms with E-state index in [9.17, 15) is 28.6 Å². The monoisotopic (exact) mass is 562 g/mol. The Morgan fingerprint density at radius 2 is 1.67 bits per heavy atom. The molecule has 0 saturated carbocycles. The van der Waals surface area contributed by atoms with E-state index in [1.54, 1.807) is 12.1 Å². The molecule has 0 spiro atoms. The molecule has 0 radical (unpaired) electrons. The third-order valence-corrected chi connectivity index (χ3v) is 7.75. The minimum Gasteiger partial charge on any atom is -0.378 e. The second kappa shape index (κ2) is 13.0. The van der Waals surface area contributed by atoms with Gasteiger partial charge in [0.2, 0.25) is 10.0 Å². The summed E-state index contributed by atoms with van der Waals surface area (Å²) in [4.78, 5) is 23.6. The molecule has 1 heterocycles. The second-order valence-corrected chi connectivity index (χ2v) is 11.9. The van der Waals surface area contributed by atoms with Gasteiger partial charge in [0.25, 0.3) is 11.4 Å². The van der Waals surface area contributed by atoms with E-state index >= 15 is 0 Å². The molecule has 1 saturated heterocycles. The van der Waals surface area contributed by atoms with Crippen molar-refractivity contribution in [3.05, 3.63) is 62.2 Å². The third-order valence-electron chi connectivity index (χ3n) is 5.88. The van der Waals surface area contributed by atoms with E-state index in [-0.39, 0.29) is 46.9 Å². The summed E-state index contributed by atoms with van der Waals surface area (Å²) < 4.78 is 34.0. The summed E-state index contributed by atoms with van der Waals surface area (Å²) >= 11 is 0. The van der Waals surface area contributed by atoms with Gasteiger partial charge < -0.3 is 9.64 Å². The van der Waals surface area contributed by atoms with E-state index in [0.717, 1.165) is 6.07 Å². The minimum atomic E-state index is -4.12. The van der Waals surface area contributed by atoms with Crippen LogP contribution in [0.3, 0.4) is 0 Å². The summed E-state index contributed by atoms with van der Waals surface area (Å²) in [5, 5.41) is 27.3. The maximum absolute atomic E-state index is 13.7. The molecule has 2 aromatic carbocycles. The molecule has 14 heteroatoms. The van der Waals surface area contributed by atoms with Crippen molar-refractivity contribution in [1.29, 1.82) is 0 Å². The number of anilines is 2. The first kappa shape index (κ1) is 29.9. The number of ether oxygens (including phenoxy) is 1. The molecule has 3 rings (SSSR count). The van der Waals surface area contributed by atoms with E-state index in [1.165, 1.54) is 28.7 Å². The molecule has 2 aromatic rings. The number of hydrogen-bond donors (Lipinski definition) is 1. The number of benzene rings is 2. The molecule has 212 valence electrons. The fourth-order valence-electron chi connectivity index (χ4n) is 4.17. The van der Waals surface area contributed by atoms with Crippen LogP contribution in [0, 0.1) is 32.1 Å². The highest BCUT2D eigenvalue weighted by molar-refractivity contribution is 7.89. The number of sulfonamides is 1. The van der Waals surface area contributed by atoms with Crippen LogP contribution in [0.25, 0.3) is 0 Å². The largest absolute Gasteiger partial charge is 0.378 e. The van der Waals surface area contributed by atoms with Crippen molar-refractivity contribution in [1.82, 2.24) is 4.31 Å². The molecule has 0 amide bonds. The molecule has 0 atom stereocenters. The number of rotatable bonds is 12. The molecule has 13 nitrogen and oxygen atoms in total. The van der Waals surface area contributed by atoms with Gasteiger partial charge in [-0.1, -0.05) is 33.8 Å². The van der Waals surface area contributed by atoms with Crippen molar-refractivity contribution in [3.8, 4) is 0 Å². The van der Waals surface area contributed by atoms with Gasteiger partial charge in [-0.2, -0.15) is 9.41 Å². The van der Waals surface area contributed by atoms with Gasteiger partial charge in [-0.25, -0.2) is 8.42 Å². The van der Waals surface area contributed by atoms with Gasteiger partial charge in [0.15, 0.2) is 0 Å². The lowest BCUT2D eigenvalue weighted by molar-refractivity contribution is -0.385. The maximum Gasteiger partial charge on any atom is 0.293 e. The van der Waals surface area contributed by atoms with Crippen molar-refractivity contribution in [2.45, 2.75) is 32.6 Å². The number of hydrazone groups is 1. The summed E-state index contributed by atoms with van der Waals surface area (Å²) in [6.45, 7) is 10.1. The Balaban J connectivity index is 1.94. The Bertz CT molecular complexity index is 1310. The van der Waals surface area contributed by atoms with Crippen LogP contribution in [0.2, 0.25) is 0 Å². The molecular formula is C25H34N6O7S.